The van der Waals surface area contributed by atoms with Gasteiger partial charge in [0.15, 0.2) is 0 Å². The molecule has 1 rings (SSSR count). The Balaban J connectivity index is 2.31. The predicted molar refractivity (Wildman–Crippen MR) is 65.6 cm³/mol. The molecule has 0 aromatic rings. The number of aliphatic carboxylic acids is 2. The molecule has 0 aromatic heterocycles. The third-order valence-electron chi connectivity index (χ3n) is 3.05. The average molecular weight is 259 g/mol. The molecule has 1 saturated heterocycles. The maximum absolute atomic E-state index is 10.6. The van der Waals surface area contributed by atoms with E-state index < -0.39 is 11.9 Å². The largest absolute Gasteiger partial charge is 0.480 e. The van der Waals surface area contributed by atoms with Gasteiger partial charge in [0.1, 0.15) is 0 Å². The van der Waals surface area contributed by atoms with Crippen LogP contribution in [0.3, 0.4) is 0 Å². The van der Waals surface area contributed by atoms with Crippen LogP contribution in [0.15, 0.2) is 0 Å². The molecule has 0 radical (unpaired) electrons. The Morgan fingerprint density at radius 1 is 1.06 bits per heavy atom. The second kappa shape index (κ2) is 7.30. The van der Waals surface area contributed by atoms with Crippen LogP contribution in [0.5, 0.6) is 0 Å². The molecule has 18 heavy (non-hydrogen) atoms. The third-order valence-corrected chi connectivity index (χ3v) is 3.05. The summed E-state index contributed by atoms with van der Waals surface area (Å²) in [7, 11) is 2.07. The van der Waals surface area contributed by atoms with E-state index in [-0.39, 0.29) is 13.1 Å². The van der Waals surface area contributed by atoms with Crippen LogP contribution in [0.4, 0.5) is 0 Å². The lowest BCUT2D eigenvalue weighted by Crippen LogP contribution is -2.48. The molecule has 0 atom stereocenters. The van der Waals surface area contributed by atoms with E-state index in [1.54, 1.807) is 0 Å². The fraction of sp³-hybridized carbons (Fsp3) is 0.818. The zero-order valence-corrected chi connectivity index (χ0v) is 10.7. The van der Waals surface area contributed by atoms with Crippen LogP contribution in [-0.4, -0.2) is 96.3 Å². The van der Waals surface area contributed by atoms with E-state index in [9.17, 15) is 9.59 Å². The van der Waals surface area contributed by atoms with Crippen LogP contribution < -0.4 is 0 Å². The number of hydrogen-bond acceptors (Lipinski definition) is 5. The van der Waals surface area contributed by atoms with Gasteiger partial charge in [-0.3, -0.25) is 19.4 Å². The minimum atomic E-state index is -0.991. The van der Waals surface area contributed by atoms with Crippen molar-refractivity contribution in [2.24, 2.45) is 0 Å². The highest BCUT2D eigenvalue weighted by atomic mass is 16.4. The highest BCUT2D eigenvalue weighted by molar-refractivity contribution is 5.72. The molecule has 0 bridgehead atoms. The number of hydrogen-bond donors (Lipinski definition) is 2. The van der Waals surface area contributed by atoms with E-state index in [1.807, 2.05) is 0 Å². The zero-order valence-electron chi connectivity index (χ0n) is 10.7. The third kappa shape index (κ3) is 5.95. The van der Waals surface area contributed by atoms with E-state index in [0.29, 0.717) is 13.1 Å². The van der Waals surface area contributed by atoms with Gasteiger partial charge in [-0.2, -0.15) is 0 Å². The van der Waals surface area contributed by atoms with Crippen LogP contribution >= 0.6 is 0 Å². The summed E-state index contributed by atoms with van der Waals surface area (Å²) in [5.41, 5.74) is 0. The molecule has 7 heteroatoms. The second-order valence-electron chi connectivity index (χ2n) is 4.64. The molecule has 0 unspecified atom stereocenters. The Morgan fingerprint density at radius 3 is 2.00 bits per heavy atom. The molecule has 0 aromatic carbocycles. The van der Waals surface area contributed by atoms with Gasteiger partial charge in [0.05, 0.1) is 13.1 Å². The minimum absolute atomic E-state index is 0.222. The van der Waals surface area contributed by atoms with Gasteiger partial charge in [0.2, 0.25) is 0 Å². The lowest BCUT2D eigenvalue weighted by Gasteiger charge is -2.33. The summed E-state index contributed by atoms with van der Waals surface area (Å²) in [6.07, 6.45) is 0. The molecule has 7 nitrogen and oxygen atoms in total. The van der Waals surface area contributed by atoms with Gasteiger partial charge in [0, 0.05) is 39.3 Å². The molecule has 0 saturated carbocycles. The second-order valence-corrected chi connectivity index (χ2v) is 4.64. The van der Waals surface area contributed by atoms with Gasteiger partial charge in [-0.1, -0.05) is 0 Å². The lowest BCUT2D eigenvalue weighted by molar-refractivity contribution is -0.141. The Labute approximate surface area is 107 Å². The summed E-state index contributed by atoms with van der Waals surface area (Å²) < 4.78 is 0. The topological polar surface area (TPSA) is 84.3 Å². The smallest absolute Gasteiger partial charge is 0.317 e. The fourth-order valence-electron chi connectivity index (χ4n) is 1.95. The van der Waals surface area contributed by atoms with Crippen LogP contribution in [0.25, 0.3) is 0 Å². The Hall–Kier alpha value is -1.18. The van der Waals surface area contributed by atoms with Gasteiger partial charge in [0.25, 0.3) is 0 Å². The van der Waals surface area contributed by atoms with Crippen molar-refractivity contribution in [3.8, 4) is 0 Å². The molecular weight excluding hydrogens is 238 g/mol. The van der Waals surface area contributed by atoms with Crippen molar-refractivity contribution in [2.75, 3.05) is 59.4 Å². The molecule has 1 aliphatic heterocycles. The Morgan fingerprint density at radius 2 is 1.56 bits per heavy atom. The predicted octanol–water partition coefficient (Wildman–Crippen LogP) is -1.29. The van der Waals surface area contributed by atoms with Crippen molar-refractivity contribution in [3.63, 3.8) is 0 Å². The normalized spacial score (nSPS) is 18.1. The SMILES string of the molecule is CN1CCN(CCN(CC(=O)O)CC(=O)O)CC1. The summed E-state index contributed by atoms with van der Waals surface area (Å²) in [5, 5.41) is 17.4. The van der Waals surface area contributed by atoms with E-state index in [4.69, 9.17) is 10.2 Å². The molecule has 0 aliphatic carbocycles. The highest BCUT2D eigenvalue weighted by Gasteiger charge is 2.17. The van der Waals surface area contributed by atoms with Crippen LogP contribution in [0, 0.1) is 0 Å². The summed E-state index contributed by atoms with van der Waals surface area (Å²) in [4.78, 5) is 27.2. The zero-order chi connectivity index (χ0) is 13.5. The van der Waals surface area contributed by atoms with Crippen LogP contribution in [0.1, 0.15) is 0 Å². The minimum Gasteiger partial charge on any atom is -0.480 e. The first-order valence-electron chi connectivity index (χ1n) is 6.04. The number of carboxylic acids is 2. The monoisotopic (exact) mass is 259 g/mol. The van der Waals surface area contributed by atoms with Crippen molar-refractivity contribution in [2.45, 2.75) is 0 Å². The van der Waals surface area contributed by atoms with Crippen molar-refractivity contribution < 1.29 is 19.8 Å². The molecule has 2 N–H and O–H groups in total. The van der Waals surface area contributed by atoms with Crippen LogP contribution in [-0.2, 0) is 9.59 Å². The molecule has 0 amide bonds. The number of carbonyl (C=O) groups is 2. The number of nitrogens with zero attached hydrogens (tertiary/aromatic N) is 3. The Kier molecular flexibility index (Phi) is 6.03. The van der Waals surface area contributed by atoms with Gasteiger partial charge in [-0.05, 0) is 7.05 Å². The van der Waals surface area contributed by atoms with Crippen molar-refractivity contribution in [1.29, 1.82) is 0 Å². The number of carboxylic acid groups (broad SMARTS) is 2. The van der Waals surface area contributed by atoms with Gasteiger partial charge in [-0.15, -0.1) is 0 Å². The van der Waals surface area contributed by atoms with Gasteiger partial charge in [-0.25, -0.2) is 0 Å². The molecule has 1 fully saturated rings. The standard InChI is InChI=1S/C11H21N3O4/c1-12-2-4-13(5-3-12)6-7-14(8-10(15)16)9-11(17)18/h2-9H2,1H3,(H,15,16)(H,17,18). The quantitative estimate of drug-likeness (QED) is 0.588. The first-order chi connectivity index (χ1) is 8.47. The average Bonchev–Trinajstić information content (AvgIpc) is 2.26. The number of piperazine rings is 1. The summed E-state index contributed by atoms with van der Waals surface area (Å²) in [6, 6.07) is 0. The fourth-order valence-corrected chi connectivity index (χ4v) is 1.95. The summed E-state index contributed by atoms with van der Waals surface area (Å²) >= 11 is 0. The van der Waals surface area contributed by atoms with Crippen molar-refractivity contribution in [1.82, 2.24) is 14.7 Å². The van der Waals surface area contributed by atoms with Crippen LogP contribution in [0.2, 0.25) is 0 Å². The molecule has 104 valence electrons. The Bertz CT molecular complexity index is 274. The van der Waals surface area contributed by atoms with E-state index >= 15 is 0 Å². The summed E-state index contributed by atoms with van der Waals surface area (Å²) in [6.45, 7) is 4.64. The maximum atomic E-state index is 10.6. The molecule has 1 heterocycles. The first-order valence-corrected chi connectivity index (χ1v) is 6.04. The van der Waals surface area contributed by atoms with Crippen molar-refractivity contribution in [3.05, 3.63) is 0 Å². The van der Waals surface area contributed by atoms with E-state index in [0.717, 1.165) is 26.2 Å². The summed E-state index contributed by atoms with van der Waals surface area (Å²) in [5.74, 6) is -1.98. The van der Waals surface area contributed by atoms with Crippen molar-refractivity contribution >= 4 is 11.9 Å². The number of likely N-dealkylation sites (N-methyl/N-ethyl adjacent to an activating group) is 1. The number of rotatable bonds is 7. The van der Waals surface area contributed by atoms with Gasteiger partial charge >= 0.3 is 11.9 Å². The molecule has 0 spiro atoms. The van der Waals surface area contributed by atoms with E-state index in [2.05, 4.69) is 16.8 Å². The lowest BCUT2D eigenvalue weighted by atomic mass is 10.3. The van der Waals surface area contributed by atoms with E-state index in [1.165, 1.54) is 4.90 Å². The molecule has 1 aliphatic rings. The first kappa shape index (κ1) is 14.9. The van der Waals surface area contributed by atoms with Gasteiger partial charge < -0.3 is 15.1 Å². The molecular formula is C11H21N3O4. The highest BCUT2D eigenvalue weighted by Crippen LogP contribution is 1.99. The maximum Gasteiger partial charge on any atom is 0.317 e.